The zero-order valence-corrected chi connectivity index (χ0v) is 12.8. The van der Waals surface area contributed by atoms with E-state index in [0.717, 1.165) is 24.3 Å². The molecule has 1 saturated heterocycles. The second-order valence-electron chi connectivity index (χ2n) is 5.68. The third-order valence-electron chi connectivity index (χ3n) is 3.79. The lowest BCUT2D eigenvalue weighted by molar-refractivity contribution is -0.143. The molecule has 1 N–H and O–H groups in total. The van der Waals surface area contributed by atoms with Crippen molar-refractivity contribution in [2.45, 2.75) is 26.1 Å². The first kappa shape index (κ1) is 17.1. The monoisotopic (exact) mass is 316 g/mol. The predicted molar refractivity (Wildman–Crippen MR) is 79.9 cm³/mol. The van der Waals surface area contributed by atoms with Crippen molar-refractivity contribution in [3.63, 3.8) is 0 Å². The number of rotatable bonds is 7. The van der Waals surface area contributed by atoms with Crippen molar-refractivity contribution in [1.82, 2.24) is 10.2 Å². The largest absolute Gasteiger partial charge is 0.494 e. The highest BCUT2D eigenvalue weighted by Gasteiger charge is 2.34. The van der Waals surface area contributed by atoms with E-state index in [1.807, 2.05) is 31.2 Å². The van der Waals surface area contributed by atoms with Crippen molar-refractivity contribution in [3.05, 3.63) is 29.8 Å². The Bertz CT molecular complexity index is 465. The fraction of sp³-hybridized carbons (Fsp3) is 0.625. The molecule has 6 heteroatoms. The van der Waals surface area contributed by atoms with Gasteiger partial charge in [-0.15, -0.1) is 0 Å². The Kier molecular flexibility index (Phi) is 6.08. The summed E-state index contributed by atoms with van der Waals surface area (Å²) in [4.78, 5) is 1.49. The molecule has 1 aliphatic heterocycles. The van der Waals surface area contributed by atoms with Crippen LogP contribution < -0.4 is 10.1 Å². The number of hydrogen-bond donors (Lipinski definition) is 1. The summed E-state index contributed by atoms with van der Waals surface area (Å²) in [5.41, 5.74) is 1.08. The molecule has 0 amide bonds. The van der Waals surface area contributed by atoms with Gasteiger partial charge in [-0.2, -0.15) is 13.2 Å². The molecule has 0 radical (unpaired) electrons. The van der Waals surface area contributed by atoms with Crippen LogP contribution >= 0.6 is 0 Å². The number of alkyl halides is 3. The number of hydrogen-bond acceptors (Lipinski definition) is 3. The summed E-state index contributed by atoms with van der Waals surface area (Å²) in [7, 11) is 0. The van der Waals surface area contributed by atoms with E-state index in [4.69, 9.17) is 4.74 Å². The molecular formula is C16H23F3N2O. The van der Waals surface area contributed by atoms with Crippen molar-refractivity contribution < 1.29 is 17.9 Å². The highest BCUT2D eigenvalue weighted by Crippen LogP contribution is 2.23. The molecule has 3 nitrogen and oxygen atoms in total. The van der Waals surface area contributed by atoms with E-state index in [1.54, 1.807) is 0 Å². The van der Waals surface area contributed by atoms with E-state index < -0.39 is 12.7 Å². The molecule has 1 fully saturated rings. The molecule has 0 unspecified atom stereocenters. The van der Waals surface area contributed by atoms with Crippen molar-refractivity contribution in [1.29, 1.82) is 0 Å². The summed E-state index contributed by atoms with van der Waals surface area (Å²) < 4.78 is 42.6. The number of likely N-dealkylation sites (tertiary alicyclic amines) is 1. The van der Waals surface area contributed by atoms with Crippen LogP contribution in [0.15, 0.2) is 24.3 Å². The molecule has 1 aromatic carbocycles. The summed E-state index contributed by atoms with van der Waals surface area (Å²) in [6, 6.07) is 7.82. The maximum atomic E-state index is 12.4. The maximum Gasteiger partial charge on any atom is 0.401 e. The van der Waals surface area contributed by atoms with Crippen LogP contribution in [0.1, 0.15) is 18.9 Å². The van der Waals surface area contributed by atoms with E-state index in [2.05, 4.69) is 5.32 Å². The number of nitrogens with zero attached hydrogens (tertiary/aromatic N) is 1. The number of halogens is 3. The Balaban J connectivity index is 1.74. The van der Waals surface area contributed by atoms with Crippen molar-refractivity contribution in [2.75, 3.05) is 32.8 Å². The van der Waals surface area contributed by atoms with Gasteiger partial charge in [0, 0.05) is 18.7 Å². The Labute approximate surface area is 129 Å². The topological polar surface area (TPSA) is 24.5 Å². The fourth-order valence-electron chi connectivity index (χ4n) is 2.83. The number of nitrogens with one attached hydrogen (secondary N) is 1. The molecule has 0 bridgehead atoms. The van der Waals surface area contributed by atoms with Gasteiger partial charge in [-0.3, -0.25) is 4.90 Å². The van der Waals surface area contributed by atoms with Crippen LogP contribution in [-0.2, 0) is 6.54 Å². The van der Waals surface area contributed by atoms with E-state index in [-0.39, 0.29) is 5.92 Å². The van der Waals surface area contributed by atoms with E-state index in [9.17, 15) is 13.2 Å². The van der Waals surface area contributed by atoms with Crippen LogP contribution in [-0.4, -0.2) is 43.9 Å². The Morgan fingerprint density at radius 2 is 2.09 bits per heavy atom. The first-order chi connectivity index (χ1) is 10.5. The predicted octanol–water partition coefficient (Wildman–Crippen LogP) is 3.06. The molecule has 0 aromatic heterocycles. The Morgan fingerprint density at radius 1 is 1.32 bits per heavy atom. The summed E-state index contributed by atoms with van der Waals surface area (Å²) in [6.07, 6.45) is -3.28. The van der Waals surface area contributed by atoms with Gasteiger partial charge in [-0.25, -0.2) is 0 Å². The Hall–Kier alpha value is -1.27. The molecule has 124 valence electrons. The zero-order chi connectivity index (χ0) is 16.0. The highest BCUT2D eigenvalue weighted by molar-refractivity contribution is 5.33. The number of ether oxygens (including phenoxy) is 1. The smallest absolute Gasteiger partial charge is 0.401 e. The van der Waals surface area contributed by atoms with Crippen LogP contribution in [0.4, 0.5) is 13.2 Å². The first-order valence-corrected chi connectivity index (χ1v) is 7.68. The molecule has 1 aliphatic rings. The molecule has 2 rings (SSSR count). The summed E-state index contributed by atoms with van der Waals surface area (Å²) in [5.74, 6) is 1.14. The SMILES string of the molecule is CCOc1ccccc1CNC[C@@H]1CCN(CC(F)(F)F)C1. The molecule has 1 aromatic rings. The standard InChI is InChI=1S/C16H23F3N2O/c1-2-22-15-6-4-3-5-14(15)10-20-9-13-7-8-21(11-13)12-16(17,18)19/h3-6,13,20H,2,7-12H2,1H3/t13-/m0/s1. The normalized spacial score (nSPS) is 19.5. The van der Waals surface area contributed by atoms with Crippen LogP contribution in [0.3, 0.4) is 0 Å². The van der Waals surface area contributed by atoms with Gasteiger partial charge >= 0.3 is 6.18 Å². The van der Waals surface area contributed by atoms with Crippen LogP contribution in [0.5, 0.6) is 5.75 Å². The average molecular weight is 316 g/mol. The molecule has 0 aliphatic carbocycles. The minimum atomic E-state index is -4.10. The molecule has 0 saturated carbocycles. The minimum Gasteiger partial charge on any atom is -0.494 e. The highest BCUT2D eigenvalue weighted by atomic mass is 19.4. The van der Waals surface area contributed by atoms with Crippen molar-refractivity contribution in [3.8, 4) is 5.75 Å². The fourth-order valence-corrected chi connectivity index (χ4v) is 2.83. The van der Waals surface area contributed by atoms with Gasteiger partial charge in [0.25, 0.3) is 0 Å². The maximum absolute atomic E-state index is 12.4. The van der Waals surface area contributed by atoms with Gasteiger partial charge in [-0.05, 0) is 38.4 Å². The van der Waals surface area contributed by atoms with Gasteiger partial charge in [0.15, 0.2) is 0 Å². The van der Waals surface area contributed by atoms with E-state index in [0.29, 0.717) is 26.2 Å². The van der Waals surface area contributed by atoms with Gasteiger partial charge in [0.2, 0.25) is 0 Å². The van der Waals surface area contributed by atoms with E-state index in [1.165, 1.54) is 4.90 Å². The van der Waals surface area contributed by atoms with Crippen molar-refractivity contribution in [2.24, 2.45) is 5.92 Å². The third kappa shape index (κ3) is 5.50. The molecular weight excluding hydrogens is 293 g/mol. The first-order valence-electron chi connectivity index (χ1n) is 7.68. The van der Waals surface area contributed by atoms with Crippen LogP contribution in [0, 0.1) is 5.92 Å². The second-order valence-corrected chi connectivity index (χ2v) is 5.68. The molecule has 0 spiro atoms. The summed E-state index contributed by atoms with van der Waals surface area (Å²) in [6.45, 7) is 4.21. The summed E-state index contributed by atoms with van der Waals surface area (Å²) in [5, 5.41) is 3.34. The second kappa shape index (κ2) is 7.83. The van der Waals surface area contributed by atoms with Gasteiger partial charge < -0.3 is 10.1 Å². The molecule has 1 heterocycles. The van der Waals surface area contributed by atoms with Crippen molar-refractivity contribution >= 4 is 0 Å². The van der Waals surface area contributed by atoms with Gasteiger partial charge in [0.1, 0.15) is 5.75 Å². The van der Waals surface area contributed by atoms with E-state index >= 15 is 0 Å². The lowest BCUT2D eigenvalue weighted by atomic mass is 10.1. The Morgan fingerprint density at radius 3 is 2.82 bits per heavy atom. The quantitative estimate of drug-likeness (QED) is 0.837. The third-order valence-corrected chi connectivity index (χ3v) is 3.79. The number of benzene rings is 1. The average Bonchev–Trinajstić information content (AvgIpc) is 2.86. The lowest BCUT2D eigenvalue weighted by Crippen LogP contribution is -2.33. The van der Waals surface area contributed by atoms with Gasteiger partial charge in [-0.1, -0.05) is 18.2 Å². The molecule has 22 heavy (non-hydrogen) atoms. The molecule has 1 atom stereocenters. The minimum absolute atomic E-state index is 0.279. The van der Waals surface area contributed by atoms with Crippen LogP contribution in [0.25, 0.3) is 0 Å². The van der Waals surface area contributed by atoms with Gasteiger partial charge in [0.05, 0.1) is 13.2 Å². The summed E-state index contributed by atoms with van der Waals surface area (Å²) >= 11 is 0. The van der Waals surface area contributed by atoms with Crippen LogP contribution in [0.2, 0.25) is 0 Å². The number of para-hydroxylation sites is 1. The zero-order valence-electron chi connectivity index (χ0n) is 12.8. The lowest BCUT2D eigenvalue weighted by Gasteiger charge is -2.18.